The van der Waals surface area contributed by atoms with E-state index in [1.165, 1.54) is 19.4 Å². The van der Waals surface area contributed by atoms with Crippen LogP contribution < -0.4 is 5.32 Å². The van der Waals surface area contributed by atoms with Crippen molar-refractivity contribution in [2.45, 2.75) is 25.3 Å². The molecule has 0 saturated carbocycles. The third kappa shape index (κ3) is 5.80. The van der Waals surface area contributed by atoms with Crippen LogP contribution >= 0.6 is 0 Å². The molecule has 0 aromatic rings. The van der Waals surface area contributed by atoms with E-state index >= 15 is 0 Å². The zero-order valence-corrected chi connectivity index (χ0v) is 10.7. The van der Waals surface area contributed by atoms with Gasteiger partial charge in [-0.05, 0) is 32.9 Å². The van der Waals surface area contributed by atoms with Gasteiger partial charge in [0.1, 0.15) is 0 Å². The van der Waals surface area contributed by atoms with E-state index in [2.05, 4.69) is 17.3 Å². The van der Waals surface area contributed by atoms with Crippen LogP contribution in [-0.4, -0.2) is 64.6 Å². The van der Waals surface area contributed by atoms with Crippen LogP contribution in [0.3, 0.4) is 0 Å². The van der Waals surface area contributed by atoms with E-state index in [1.54, 1.807) is 7.11 Å². The minimum atomic E-state index is 0.697. The Balaban J connectivity index is 1.94. The van der Waals surface area contributed by atoms with Crippen LogP contribution in [0.25, 0.3) is 0 Å². The highest BCUT2D eigenvalue weighted by Crippen LogP contribution is 2.08. The first kappa shape index (κ1) is 13.9. The quantitative estimate of drug-likeness (QED) is 0.623. The summed E-state index contributed by atoms with van der Waals surface area (Å²) in [5.74, 6) is 0. The van der Waals surface area contributed by atoms with Crippen LogP contribution in [0.2, 0.25) is 0 Å². The van der Waals surface area contributed by atoms with Gasteiger partial charge in [-0.15, -0.1) is 0 Å². The Kier molecular flexibility index (Phi) is 7.76. The van der Waals surface area contributed by atoms with Crippen molar-refractivity contribution >= 4 is 0 Å². The second-order valence-electron chi connectivity index (χ2n) is 4.44. The summed E-state index contributed by atoms with van der Waals surface area (Å²) < 4.78 is 10.4. The Bertz CT molecular complexity index is 161. The van der Waals surface area contributed by atoms with Gasteiger partial charge >= 0.3 is 0 Å². The molecule has 4 heteroatoms. The molecule has 0 bridgehead atoms. The van der Waals surface area contributed by atoms with Crippen LogP contribution in [0.5, 0.6) is 0 Å². The molecule has 0 amide bonds. The van der Waals surface area contributed by atoms with Crippen LogP contribution in [0.4, 0.5) is 0 Å². The summed E-state index contributed by atoms with van der Waals surface area (Å²) in [4.78, 5) is 2.45. The summed E-state index contributed by atoms with van der Waals surface area (Å²) in [6, 6.07) is 0.715. The van der Waals surface area contributed by atoms with Crippen LogP contribution in [0, 0.1) is 0 Å². The molecule has 96 valence electrons. The van der Waals surface area contributed by atoms with Gasteiger partial charge in [-0.1, -0.05) is 0 Å². The van der Waals surface area contributed by atoms with Crippen LogP contribution in [-0.2, 0) is 9.47 Å². The van der Waals surface area contributed by atoms with Crippen molar-refractivity contribution in [1.29, 1.82) is 0 Å². The first-order chi connectivity index (χ1) is 7.84. The molecule has 1 rings (SSSR count). The standard InChI is InChI=1S/C12H26N2O2/c1-14(12-5-3-6-13-11-12)7-4-8-16-10-9-15-2/h12-13H,3-11H2,1-2H3. The maximum atomic E-state index is 5.44. The maximum absolute atomic E-state index is 5.44. The Morgan fingerprint density at radius 1 is 1.31 bits per heavy atom. The topological polar surface area (TPSA) is 33.7 Å². The van der Waals surface area contributed by atoms with Crippen molar-refractivity contribution in [3.63, 3.8) is 0 Å². The summed E-state index contributed by atoms with van der Waals surface area (Å²) >= 11 is 0. The molecule has 1 aliphatic heterocycles. The number of methoxy groups -OCH3 is 1. The van der Waals surface area contributed by atoms with E-state index in [0.717, 1.165) is 26.1 Å². The van der Waals surface area contributed by atoms with E-state index in [0.29, 0.717) is 19.3 Å². The monoisotopic (exact) mass is 230 g/mol. The van der Waals surface area contributed by atoms with E-state index in [-0.39, 0.29) is 0 Å². The molecule has 0 aliphatic carbocycles. The molecule has 1 fully saturated rings. The minimum Gasteiger partial charge on any atom is -0.382 e. The molecular formula is C12H26N2O2. The minimum absolute atomic E-state index is 0.697. The summed E-state index contributed by atoms with van der Waals surface area (Å²) in [6.07, 6.45) is 3.74. The average Bonchev–Trinajstić information content (AvgIpc) is 2.34. The van der Waals surface area contributed by atoms with Crippen molar-refractivity contribution < 1.29 is 9.47 Å². The maximum Gasteiger partial charge on any atom is 0.0700 e. The first-order valence-corrected chi connectivity index (χ1v) is 6.32. The number of nitrogens with zero attached hydrogens (tertiary/aromatic N) is 1. The molecule has 0 radical (unpaired) electrons. The molecule has 1 heterocycles. The van der Waals surface area contributed by atoms with Gasteiger partial charge < -0.3 is 19.7 Å². The summed E-state index contributed by atoms with van der Waals surface area (Å²) in [6.45, 7) is 5.70. The van der Waals surface area contributed by atoms with Crippen molar-refractivity contribution in [2.75, 3.05) is 53.6 Å². The molecule has 1 unspecified atom stereocenters. The molecule has 0 aromatic heterocycles. The largest absolute Gasteiger partial charge is 0.382 e. The molecular weight excluding hydrogens is 204 g/mol. The van der Waals surface area contributed by atoms with Gasteiger partial charge in [-0.2, -0.15) is 0 Å². The number of rotatable bonds is 8. The van der Waals surface area contributed by atoms with Crippen molar-refractivity contribution in [3.05, 3.63) is 0 Å². The van der Waals surface area contributed by atoms with Gasteiger partial charge in [-0.3, -0.25) is 0 Å². The van der Waals surface area contributed by atoms with E-state index in [1.807, 2.05) is 0 Å². The molecule has 0 spiro atoms. The highest BCUT2D eigenvalue weighted by atomic mass is 16.5. The Morgan fingerprint density at radius 3 is 2.88 bits per heavy atom. The number of nitrogens with one attached hydrogen (secondary N) is 1. The van der Waals surface area contributed by atoms with Gasteiger partial charge in [0.05, 0.1) is 13.2 Å². The van der Waals surface area contributed by atoms with Gasteiger partial charge in [-0.25, -0.2) is 0 Å². The Morgan fingerprint density at radius 2 is 2.19 bits per heavy atom. The van der Waals surface area contributed by atoms with Crippen molar-refractivity contribution in [3.8, 4) is 0 Å². The fraction of sp³-hybridized carbons (Fsp3) is 1.00. The van der Waals surface area contributed by atoms with Crippen LogP contribution in [0.15, 0.2) is 0 Å². The van der Waals surface area contributed by atoms with E-state index in [4.69, 9.17) is 9.47 Å². The normalized spacial score (nSPS) is 21.6. The zero-order chi connectivity index (χ0) is 11.6. The zero-order valence-electron chi connectivity index (χ0n) is 10.7. The third-order valence-corrected chi connectivity index (χ3v) is 3.13. The molecule has 0 aromatic carbocycles. The van der Waals surface area contributed by atoms with Gasteiger partial charge in [0.25, 0.3) is 0 Å². The number of piperidine rings is 1. The molecule has 1 aliphatic rings. The SMILES string of the molecule is COCCOCCCN(C)C1CCCNC1. The van der Waals surface area contributed by atoms with Crippen molar-refractivity contribution in [1.82, 2.24) is 10.2 Å². The molecule has 1 atom stereocenters. The number of hydrogen-bond acceptors (Lipinski definition) is 4. The van der Waals surface area contributed by atoms with Gasteiger partial charge in [0, 0.05) is 32.8 Å². The lowest BCUT2D eigenvalue weighted by Crippen LogP contribution is -2.44. The van der Waals surface area contributed by atoms with Crippen molar-refractivity contribution in [2.24, 2.45) is 0 Å². The highest BCUT2D eigenvalue weighted by Gasteiger charge is 2.16. The number of ether oxygens (including phenoxy) is 2. The summed E-state index contributed by atoms with van der Waals surface area (Å²) in [7, 11) is 3.92. The summed E-state index contributed by atoms with van der Waals surface area (Å²) in [5, 5.41) is 3.44. The van der Waals surface area contributed by atoms with Crippen LogP contribution in [0.1, 0.15) is 19.3 Å². The molecule has 1 N–H and O–H groups in total. The molecule has 4 nitrogen and oxygen atoms in total. The Hall–Kier alpha value is -0.160. The summed E-state index contributed by atoms with van der Waals surface area (Å²) in [5.41, 5.74) is 0. The van der Waals surface area contributed by atoms with Gasteiger partial charge in [0.2, 0.25) is 0 Å². The predicted molar refractivity (Wildman–Crippen MR) is 65.8 cm³/mol. The highest BCUT2D eigenvalue weighted by molar-refractivity contribution is 4.76. The number of likely N-dealkylation sites (N-methyl/N-ethyl adjacent to an activating group) is 1. The molecule has 1 saturated heterocycles. The smallest absolute Gasteiger partial charge is 0.0700 e. The fourth-order valence-corrected chi connectivity index (χ4v) is 2.05. The number of hydrogen-bond donors (Lipinski definition) is 1. The lowest BCUT2D eigenvalue weighted by molar-refractivity contribution is 0.0637. The van der Waals surface area contributed by atoms with Gasteiger partial charge in [0.15, 0.2) is 0 Å². The third-order valence-electron chi connectivity index (χ3n) is 3.13. The lowest BCUT2D eigenvalue weighted by Gasteiger charge is -2.31. The lowest BCUT2D eigenvalue weighted by atomic mass is 10.1. The Labute approximate surface area is 99.3 Å². The van der Waals surface area contributed by atoms with E-state index in [9.17, 15) is 0 Å². The second kappa shape index (κ2) is 8.93. The van der Waals surface area contributed by atoms with E-state index < -0.39 is 0 Å². The average molecular weight is 230 g/mol. The first-order valence-electron chi connectivity index (χ1n) is 6.32. The fourth-order valence-electron chi connectivity index (χ4n) is 2.05. The molecule has 16 heavy (non-hydrogen) atoms. The predicted octanol–water partition coefficient (Wildman–Crippen LogP) is 0.723. The second-order valence-corrected chi connectivity index (χ2v) is 4.44.